The van der Waals surface area contributed by atoms with Gasteiger partial charge >= 0.3 is 0 Å². The van der Waals surface area contributed by atoms with Crippen LogP contribution in [0.3, 0.4) is 0 Å². The van der Waals surface area contributed by atoms with Gasteiger partial charge in [-0.1, -0.05) is 0 Å². The van der Waals surface area contributed by atoms with Gasteiger partial charge in [-0.25, -0.2) is 4.39 Å². The average molecular weight is 488 g/mol. The molecule has 1 aromatic heterocycles. The third kappa shape index (κ3) is 5.33. The lowest BCUT2D eigenvalue weighted by molar-refractivity contribution is 0.0205. The van der Waals surface area contributed by atoms with E-state index >= 15 is 0 Å². The molecule has 2 aromatic rings. The molecule has 0 aliphatic carbocycles. The summed E-state index contributed by atoms with van der Waals surface area (Å²) in [6.45, 7) is 6.45. The Kier molecular flexibility index (Phi) is 7.86. The summed E-state index contributed by atoms with van der Waals surface area (Å²) >= 11 is 1.81. The van der Waals surface area contributed by atoms with Crippen LogP contribution in [0.15, 0.2) is 48.3 Å². The Labute approximate surface area is 201 Å². The van der Waals surface area contributed by atoms with Crippen molar-refractivity contribution in [1.82, 2.24) is 15.5 Å². The second-order valence-corrected chi connectivity index (χ2v) is 9.84. The number of benzene rings is 1. The highest BCUT2D eigenvalue weighted by atomic mass is 32.1. The standard InChI is InChI=1S/C25H31FN3O2PS/c1-16(29-6-8-31-9-7-29)23-4-5-24(33-23)18(13-27-2)10-17-14-28-15-21(17)20-11-19(26)12-22(32)25(20)30-3/h4-5,10-13,15-16,27-28H,6-9,14,32H2,1-3H3/b17-10+,18-13+. The highest BCUT2D eigenvalue weighted by molar-refractivity contribution is 7.27. The van der Waals surface area contributed by atoms with Crippen molar-refractivity contribution in [2.75, 3.05) is 47.0 Å². The van der Waals surface area contributed by atoms with Crippen LogP contribution in [0.25, 0.3) is 11.1 Å². The van der Waals surface area contributed by atoms with Gasteiger partial charge in [0.25, 0.3) is 0 Å². The Morgan fingerprint density at radius 1 is 1.33 bits per heavy atom. The molecule has 2 aliphatic heterocycles. The Bertz CT molecular complexity index is 1090. The summed E-state index contributed by atoms with van der Waals surface area (Å²) in [5, 5.41) is 7.18. The minimum Gasteiger partial charge on any atom is -0.495 e. The number of thiophene rings is 1. The maximum absolute atomic E-state index is 14.2. The molecule has 1 saturated heterocycles. The smallest absolute Gasteiger partial charge is 0.134 e. The van der Waals surface area contributed by atoms with Crippen LogP contribution in [-0.4, -0.2) is 51.9 Å². The van der Waals surface area contributed by atoms with E-state index in [1.165, 1.54) is 21.9 Å². The van der Waals surface area contributed by atoms with E-state index < -0.39 is 0 Å². The predicted octanol–water partition coefficient (Wildman–Crippen LogP) is 3.92. The second kappa shape index (κ2) is 10.8. The van der Waals surface area contributed by atoms with Crippen LogP contribution in [0.4, 0.5) is 4.39 Å². The van der Waals surface area contributed by atoms with Crippen molar-refractivity contribution >= 4 is 37.0 Å². The van der Waals surface area contributed by atoms with Crippen LogP contribution in [-0.2, 0) is 4.74 Å². The maximum atomic E-state index is 14.2. The fourth-order valence-corrected chi connectivity index (χ4v) is 5.79. The quantitative estimate of drug-likeness (QED) is 0.580. The van der Waals surface area contributed by atoms with Gasteiger partial charge in [0.1, 0.15) is 11.6 Å². The van der Waals surface area contributed by atoms with Gasteiger partial charge in [0.05, 0.1) is 20.3 Å². The highest BCUT2D eigenvalue weighted by Gasteiger charge is 2.22. The summed E-state index contributed by atoms with van der Waals surface area (Å²) in [5.41, 5.74) is 3.86. The van der Waals surface area contributed by atoms with Gasteiger partial charge in [-0.05, 0) is 42.8 Å². The second-order valence-electron chi connectivity index (χ2n) is 8.10. The Morgan fingerprint density at radius 2 is 2.12 bits per heavy atom. The van der Waals surface area contributed by atoms with Crippen molar-refractivity contribution in [2.45, 2.75) is 13.0 Å². The summed E-state index contributed by atoms with van der Waals surface area (Å²) in [7, 11) is 6.08. The molecule has 176 valence electrons. The van der Waals surface area contributed by atoms with E-state index in [-0.39, 0.29) is 5.82 Å². The topological polar surface area (TPSA) is 45.8 Å². The number of morpholine rings is 1. The number of halogens is 1. The van der Waals surface area contributed by atoms with Gasteiger partial charge in [-0.3, -0.25) is 4.90 Å². The zero-order valence-corrected chi connectivity index (χ0v) is 21.3. The lowest BCUT2D eigenvalue weighted by Crippen LogP contribution is -2.37. The predicted molar refractivity (Wildman–Crippen MR) is 139 cm³/mol. The molecular formula is C25H31FN3O2PS. The van der Waals surface area contributed by atoms with E-state index in [1.54, 1.807) is 7.11 Å². The normalized spacial score (nSPS) is 19.4. The summed E-state index contributed by atoms with van der Waals surface area (Å²) in [5.74, 6) is 0.382. The molecule has 2 N–H and O–H groups in total. The number of methoxy groups -OCH3 is 1. The Balaban J connectivity index is 1.63. The molecule has 0 amide bonds. The van der Waals surface area contributed by atoms with E-state index in [4.69, 9.17) is 9.47 Å². The van der Waals surface area contributed by atoms with E-state index in [1.807, 2.05) is 30.8 Å². The van der Waals surface area contributed by atoms with Crippen LogP contribution in [0, 0.1) is 5.82 Å². The lowest BCUT2D eigenvalue weighted by Gasteiger charge is -2.31. The van der Waals surface area contributed by atoms with Crippen LogP contribution in [0.1, 0.15) is 28.3 Å². The maximum Gasteiger partial charge on any atom is 0.134 e. The Morgan fingerprint density at radius 3 is 2.85 bits per heavy atom. The number of rotatable bonds is 7. The van der Waals surface area contributed by atoms with E-state index in [0.717, 1.165) is 48.6 Å². The minimum absolute atomic E-state index is 0.283. The molecule has 0 bridgehead atoms. The van der Waals surface area contributed by atoms with Gasteiger partial charge < -0.3 is 20.1 Å². The number of nitrogens with zero attached hydrogens (tertiary/aromatic N) is 1. The highest BCUT2D eigenvalue weighted by Crippen LogP contribution is 2.37. The van der Waals surface area contributed by atoms with Gasteiger partial charge in [-0.15, -0.1) is 20.6 Å². The van der Waals surface area contributed by atoms with Crippen molar-refractivity contribution in [3.05, 3.63) is 69.4 Å². The third-order valence-electron chi connectivity index (χ3n) is 6.01. The molecular weight excluding hydrogens is 456 g/mol. The lowest BCUT2D eigenvalue weighted by atomic mass is 9.97. The molecule has 2 unspecified atom stereocenters. The van der Waals surface area contributed by atoms with E-state index in [2.05, 4.69) is 49.9 Å². The van der Waals surface area contributed by atoms with Crippen molar-refractivity contribution in [2.24, 2.45) is 0 Å². The van der Waals surface area contributed by atoms with Gasteiger partial charge in [-0.2, -0.15) is 0 Å². The molecule has 2 atom stereocenters. The molecule has 8 heteroatoms. The fourth-order valence-electron chi connectivity index (χ4n) is 4.28. The summed E-state index contributed by atoms with van der Waals surface area (Å²) < 4.78 is 25.3. The minimum atomic E-state index is -0.283. The van der Waals surface area contributed by atoms with Crippen molar-refractivity contribution < 1.29 is 13.9 Å². The van der Waals surface area contributed by atoms with Gasteiger partial charge in [0.15, 0.2) is 0 Å². The number of hydrogen-bond donors (Lipinski definition) is 2. The molecule has 1 fully saturated rings. The molecule has 5 nitrogen and oxygen atoms in total. The van der Waals surface area contributed by atoms with E-state index in [9.17, 15) is 4.39 Å². The summed E-state index contributed by atoms with van der Waals surface area (Å²) in [6.07, 6.45) is 6.12. The van der Waals surface area contributed by atoms with Gasteiger partial charge in [0.2, 0.25) is 0 Å². The number of hydrogen-bond acceptors (Lipinski definition) is 6. The zero-order chi connectivity index (χ0) is 23.4. The number of nitrogens with one attached hydrogen (secondary N) is 2. The largest absolute Gasteiger partial charge is 0.495 e. The molecule has 4 rings (SSSR count). The third-order valence-corrected chi connectivity index (χ3v) is 7.74. The first-order valence-corrected chi connectivity index (χ1v) is 12.5. The molecule has 0 saturated carbocycles. The number of ether oxygens (including phenoxy) is 2. The van der Waals surface area contributed by atoms with Crippen LogP contribution in [0.5, 0.6) is 5.75 Å². The Hall–Kier alpha value is -2.18. The monoisotopic (exact) mass is 487 g/mol. The van der Waals surface area contributed by atoms with E-state index in [0.29, 0.717) is 23.6 Å². The van der Waals surface area contributed by atoms with Crippen molar-refractivity contribution in [1.29, 1.82) is 0 Å². The van der Waals surface area contributed by atoms with Crippen molar-refractivity contribution in [3.63, 3.8) is 0 Å². The zero-order valence-electron chi connectivity index (χ0n) is 19.3. The van der Waals surface area contributed by atoms with Crippen LogP contribution < -0.4 is 20.7 Å². The molecule has 1 aromatic carbocycles. The van der Waals surface area contributed by atoms with Crippen LogP contribution in [0.2, 0.25) is 0 Å². The molecule has 2 aliphatic rings. The SMILES string of the molecule is CN/C=C(\C=C1/CNC=C1c1cc(F)cc(P)c1OC)c1ccc(C(C)N2CCOCC2)s1. The molecule has 3 heterocycles. The molecule has 33 heavy (non-hydrogen) atoms. The first-order chi connectivity index (χ1) is 16.0. The molecule has 0 radical (unpaired) electrons. The first kappa shape index (κ1) is 24.0. The molecule has 0 spiro atoms. The average Bonchev–Trinajstić information content (AvgIpc) is 3.48. The summed E-state index contributed by atoms with van der Waals surface area (Å²) in [6, 6.07) is 7.77. The first-order valence-electron chi connectivity index (χ1n) is 11.1. The fraction of sp³-hybridized carbons (Fsp3) is 0.360. The van der Waals surface area contributed by atoms with Gasteiger partial charge in [0, 0.05) is 76.9 Å². The van der Waals surface area contributed by atoms with Crippen molar-refractivity contribution in [3.8, 4) is 5.75 Å². The summed E-state index contributed by atoms with van der Waals surface area (Å²) in [4.78, 5) is 5.00. The van der Waals surface area contributed by atoms with Crippen LogP contribution >= 0.6 is 20.6 Å². The number of allylic oxidation sites excluding steroid dienone is 2.